The van der Waals surface area contributed by atoms with E-state index in [0.717, 1.165) is 25.9 Å². The SMILES string of the molecule is O=C1c2ccccc2NS(=O)(=O)C1C1CCNCC1. The number of Topliss-reactive ketones (excluding diaryl/α,β-unsaturated/α-hetero) is 1. The Morgan fingerprint density at radius 3 is 2.53 bits per heavy atom. The van der Waals surface area contributed by atoms with E-state index in [1.807, 2.05) is 0 Å². The number of anilines is 1. The van der Waals surface area contributed by atoms with Gasteiger partial charge in [-0.25, -0.2) is 8.42 Å². The highest BCUT2D eigenvalue weighted by Gasteiger charge is 2.44. The fraction of sp³-hybridized carbons (Fsp3) is 0.462. The highest BCUT2D eigenvalue weighted by molar-refractivity contribution is 7.94. The van der Waals surface area contributed by atoms with Crippen LogP contribution in [0.15, 0.2) is 24.3 Å². The van der Waals surface area contributed by atoms with Crippen LogP contribution < -0.4 is 10.0 Å². The summed E-state index contributed by atoms with van der Waals surface area (Å²) in [5, 5.41) is 2.25. The molecule has 0 aromatic heterocycles. The topological polar surface area (TPSA) is 75.3 Å². The summed E-state index contributed by atoms with van der Waals surface area (Å²) in [6.07, 6.45) is 1.44. The number of nitrogens with one attached hydrogen (secondary N) is 2. The molecule has 6 heteroatoms. The number of benzene rings is 1. The maximum absolute atomic E-state index is 12.5. The first kappa shape index (κ1) is 12.6. The molecule has 19 heavy (non-hydrogen) atoms. The lowest BCUT2D eigenvalue weighted by Crippen LogP contribution is -2.47. The molecule has 102 valence electrons. The van der Waals surface area contributed by atoms with Crippen molar-refractivity contribution in [1.82, 2.24) is 5.32 Å². The predicted molar refractivity (Wildman–Crippen MR) is 72.7 cm³/mol. The zero-order valence-electron chi connectivity index (χ0n) is 10.4. The second-order valence-electron chi connectivity index (χ2n) is 5.06. The largest absolute Gasteiger partial charge is 0.317 e. The Morgan fingerprint density at radius 2 is 1.79 bits per heavy atom. The fourth-order valence-electron chi connectivity index (χ4n) is 2.91. The van der Waals surface area contributed by atoms with Gasteiger partial charge >= 0.3 is 0 Å². The minimum atomic E-state index is -3.61. The molecule has 1 aromatic rings. The lowest BCUT2D eigenvalue weighted by molar-refractivity contribution is 0.0957. The summed E-state index contributed by atoms with van der Waals surface area (Å²) in [6.45, 7) is 1.54. The van der Waals surface area contributed by atoms with E-state index < -0.39 is 15.3 Å². The van der Waals surface area contributed by atoms with E-state index in [9.17, 15) is 13.2 Å². The molecule has 2 aliphatic heterocycles. The average Bonchev–Trinajstić information content (AvgIpc) is 2.39. The third-order valence-corrected chi connectivity index (χ3v) is 5.62. The second-order valence-corrected chi connectivity index (χ2v) is 6.87. The normalized spacial score (nSPS) is 26.5. The Balaban J connectivity index is 2.02. The van der Waals surface area contributed by atoms with Crippen molar-refractivity contribution in [3.8, 4) is 0 Å². The summed E-state index contributed by atoms with van der Waals surface area (Å²) in [5.41, 5.74) is 0.888. The average molecular weight is 280 g/mol. The van der Waals surface area contributed by atoms with Crippen LogP contribution in [0.3, 0.4) is 0 Å². The Morgan fingerprint density at radius 1 is 1.11 bits per heavy atom. The predicted octanol–water partition coefficient (Wildman–Crippen LogP) is 0.993. The van der Waals surface area contributed by atoms with Gasteiger partial charge in [-0.2, -0.15) is 0 Å². The van der Waals surface area contributed by atoms with Gasteiger partial charge in [-0.1, -0.05) is 12.1 Å². The van der Waals surface area contributed by atoms with Gasteiger partial charge in [-0.05, 0) is 44.0 Å². The molecule has 0 amide bonds. The van der Waals surface area contributed by atoms with Crippen molar-refractivity contribution in [2.45, 2.75) is 18.1 Å². The summed E-state index contributed by atoms with van der Waals surface area (Å²) in [7, 11) is -3.61. The first-order valence-corrected chi connectivity index (χ1v) is 8.00. The van der Waals surface area contributed by atoms with Gasteiger partial charge in [0, 0.05) is 5.56 Å². The molecule has 1 aromatic carbocycles. The number of para-hydroxylation sites is 1. The number of carbonyl (C=O) groups excluding carboxylic acids is 1. The number of fused-ring (bicyclic) bond motifs is 1. The molecule has 1 atom stereocenters. The lowest BCUT2D eigenvalue weighted by atomic mass is 9.89. The molecular formula is C13H16N2O3S. The van der Waals surface area contributed by atoms with Crippen LogP contribution in [0.25, 0.3) is 0 Å². The van der Waals surface area contributed by atoms with Crippen LogP contribution in [0.2, 0.25) is 0 Å². The van der Waals surface area contributed by atoms with Crippen molar-refractivity contribution in [3.63, 3.8) is 0 Å². The molecule has 1 unspecified atom stereocenters. The van der Waals surface area contributed by atoms with E-state index in [0.29, 0.717) is 11.3 Å². The molecule has 0 saturated carbocycles. The van der Waals surface area contributed by atoms with Crippen molar-refractivity contribution in [3.05, 3.63) is 29.8 Å². The monoisotopic (exact) mass is 280 g/mol. The highest BCUT2D eigenvalue weighted by Crippen LogP contribution is 2.33. The van der Waals surface area contributed by atoms with Crippen LogP contribution in [-0.4, -0.2) is 32.5 Å². The van der Waals surface area contributed by atoms with Crippen LogP contribution in [0.5, 0.6) is 0 Å². The maximum Gasteiger partial charge on any atom is 0.243 e. The quantitative estimate of drug-likeness (QED) is 0.804. The van der Waals surface area contributed by atoms with Crippen molar-refractivity contribution >= 4 is 21.5 Å². The zero-order chi connectivity index (χ0) is 13.5. The van der Waals surface area contributed by atoms with Gasteiger partial charge in [0.05, 0.1) is 5.69 Å². The van der Waals surface area contributed by atoms with Crippen LogP contribution in [0.1, 0.15) is 23.2 Å². The van der Waals surface area contributed by atoms with Crippen LogP contribution in [0, 0.1) is 5.92 Å². The lowest BCUT2D eigenvalue weighted by Gasteiger charge is -2.33. The summed E-state index contributed by atoms with van der Waals surface area (Å²) in [6, 6.07) is 6.80. The van der Waals surface area contributed by atoms with Crippen molar-refractivity contribution in [1.29, 1.82) is 0 Å². The second kappa shape index (κ2) is 4.61. The van der Waals surface area contributed by atoms with E-state index in [4.69, 9.17) is 0 Å². The van der Waals surface area contributed by atoms with Gasteiger partial charge < -0.3 is 5.32 Å². The molecule has 0 radical (unpaired) electrons. The fourth-order valence-corrected chi connectivity index (χ4v) is 4.71. The van der Waals surface area contributed by atoms with Gasteiger partial charge in [0.15, 0.2) is 5.78 Å². The minimum absolute atomic E-state index is 0.0976. The van der Waals surface area contributed by atoms with Gasteiger partial charge in [0.2, 0.25) is 10.0 Å². The van der Waals surface area contributed by atoms with Crippen molar-refractivity contribution in [2.75, 3.05) is 17.8 Å². The Hall–Kier alpha value is -1.40. The molecule has 0 bridgehead atoms. The third-order valence-electron chi connectivity index (χ3n) is 3.85. The summed E-state index contributed by atoms with van der Waals surface area (Å²) >= 11 is 0. The number of piperidine rings is 1. The molecule has 3 rings (SSSR count). The standard InChI is InChI=1S/C13H16N2O3S/c16-12-10-3-1-2-4-11(10)15-19(17,18)13(12)9-5-7-14-8-6-9/h1-4,9,13-15H,5-8H2. The molecule has 1 fully saturated rings. The molecule has 0 spiro atoms. The van der Waals surface area contributed by atoms with Gasteiger partial charge in [-0.3, -0.25) is 9.52 Å². The van der Waals surface area contributed by atoms with E-state index in [1.54, 1.807) is 24.3 Å². The van der Waals surface area contributed by atoms with Crippen LogP contribution >= 0.6 is 0 Å². The number of rotatable bonds is 1. The van der Waals surface area contributed by atoms with Crippen molar-refractivity contribution in [2.24, 2.45) is 5.92 Å². The van der Waals surface area contributed by atoms with E-state index in [-0.39, 0.29) is 11.7 Å². The molecule has 1 saturated heterocycles. The van der Waals surface area contributed by atoms with Crippen LogP contribution in [0.4, 0.5) is 5.69 Å². The zero-order valence-corrected chi connectivity index (χ0v) is 11.2. The molecule has 2 heterocycles. The Bertz CT molecular complexity index is 606. The van der Waals surface area contributed by atoms with E-state index >= 15 is 0 Å². The number of hydrogen-bond acceptors (Lipinski definition) is 4. The smallest absolute Gasteiger partial charge is 0.243 e. The van der Waals surface area contributed by atoms with Gasteiger partial charge in [0.1, 0.15) is 5.25 Å². The van der Waals surface area contributed by atoms with Gasteiger partial charge in [-0.15, -0.1) is 0 Å². The first-order valence-electron chi connectivity index (χ1n) is 6.45. The number of ketones is 1. The number of hydrogen-bond donors (Lipinski definition) is 2. The van der Waals surface area contributed by atoms with E-state index in [2.05, 4.69) is 10.0 Å². The highest BCUT2D eigenvalue weighted by atomic mass is 32.2. The summed E-state index contributed by atoms with van der Waals surface area (Å²) < 4.78 is 27.1. The number of carbonyl (C=O) groups is 1. The van der Waals surface area contributed by atoms with Crippen molar-refractivity contribution < 1.29 is 13.2 Å². The first-order chi connectivity index (χ1) is 9.09. The summed E-state index contributed by atoms with van der Waals surface area (Å²) in [5.74, 6) is -0.360. The number of sulfonamides is 1. The Labute approximate surface area is 112 Å². The van der Waals surface area contributed by atoms with Gasteiger partial charge in [0.25, 0.3) is 0 Å². The van der Waals surface area contributed by atoms with E-state index in [1.165, 1.54) is 0 Å². The van der Waals surface area contributed by atoms with Crippen LogP contribution in [-0.2, 0) is 10.0 Å². The summed E-state index contributed by atoms with van der Waals surface area (Å²) in [4.78, 5) is 12.5. The molecule has 2 aliphatic rings. The minimum Gasteiger partial charge on any atom is -0.317 e. The third kappa shape index (κ3) is 2.15. The molecular weight excluding hydrogens is 264 g/mol. The maximum atomic E-state index is 12.5. The molecule has 2 N–H and O–H groups in total. The Kier molecular flexibility index (Phi) is 3.06. The molecule has 0 aliphatic carbocycles. The molecule has 5 nitrogen and oxygen atoms in total.